The van der Waals surface area contributed by atoms with E-state index in [-0.39, 0.29) is 17.5 Å². The quantitative estimate of drug-likeness (QED) is 0.890. The van der Waals surface area contributed by atoms with Crippen LogP contribution in [0, 0.1) is 12.8 Å². The predicted octanol–water partition coefficient (Wildman–Crippen LogP) is 2.78. The van der Waals surface area contributed by atoms with Gasteiger partial charge in [0.25, 0.3) is 0 Å². The lowest BCUT2D eigenvalue weighted by molar-refractivity contribution is 0.0745. The van der Waals surface area contributed by atoms with E-state index in [4.69, 9.17) is 4.52 Å². The zero-order valence-electron chi connectivity index (χ0n) is 16.6. The minimum absolute atomic E-state index is 0.0328. The Bertz CT molecular complexity index is 617. The molecule has 1 saturated heterocycles. The van der Waals surface area contributed by atoms with Gasteiger partial charge in [0, 0.05) is 25.2 Å². The van der Waals surface area contributed by atoms with Crippen LogP contribution in [0.1, 0.15) is 63.1 Å². The maximum atomic E-state index is 12.8. The lowest BCUT2D eigenvalue weighted by Crippen LogP contribution is -2.57. The highest BCUT2D eigenvalue weighted by atomic mass is 16.5. The molecule has 2 fully saturated rings. The minimum atomic E-state index is 0.0328. The molecule has 146 valence electrons. The number of hydrogen-bond acceptors (Lipinski definition) is 5. The zero-order valence-corrected chi connectivity index (χ0v) is 16.6. The SMILES string of the molecule is Cc1noc(C2CCCN(C(=O)NCC3(N(C)C)CCCC(C)C3)C2)n1. The van der Waals surface area contributed by atoms with Crippen LogP contribution < -0.4 is 5.32 Å². The molecule has 1 aliphatic heterocycles. The van der Waals surface area contributed by atoms with Crippen LogP contribution in [0.25, 0.3) is 0 Å². The number of likely N-dealkylation sites (N-methyl/N-ethyl adjacent to an activating group) is 1. The summed E-state index contributed by atoms with van der Waals surface area (Å²) in [6, 6.07) is 0.0328. The van der Waals surface area contributed by atoms with Crippen LogP contribution in [-0.2, 0) is 0 Å². The number of likely N-dealkylation sites (tertiary alicyclic amines) is 1. The van der Waals surface area contributed by atoms with Crippen LogP contribution in [-0.4, -0.2) is 65.2 Å². The summed E-state index contributed by atoms with van der Waals surface area (Å²) in [4.78, 5) is 21.4. The summed E-state index contributed by atoms with van der Waals surface area (Å²) < 4.78 is 5.32. The van der Waals surface area contributed by atoms with Crippen LogP contribution in [0.5, 0.6) is 0 Å². The van der Waals surface area contributed by atoms with E-state index in [0.717, 1.165) is 32.2 Å². The smallest absolute Gasteiger partial charge is 0.317 e. The molecule has 7 nitrogen and oxygen atoms in total. The number of aromatic nitrogens is 2. The molecule has 1 aromatic heterocycles. The molecule has 0 bridgehead atoms. The average Bonchev–Trinajstić information content (AvgIpc) is 3.06. The Hall–Kier alpha value is -1.63. The van der Waals surface area contributed by atoms with Gasteiger partial charge in [-0.05, 0) is 52.6 Å². The van der Waals surface area contributed by atoms with E-state index in [1.165, 1.54) is 12.8 Å². The second-order valence-electron chi connectivity index (χ2n) is 8.44. The standard InChI is InChI=1S/C19H33N5O2/c1-14-7-5-9-19(11-14,23(3)4)13-20-18(25)24-10-6-8-16(12-24)17-21-15(2)22-26-17/h14,16H,5-13H2,1-4H3,(H,20,25). The van der Waals surface area contributed by atoms with Crippen molar-refractivity contribution in [3.8, 4) is 0 Å². The molecular weight excluding hydrogens is 330 g/mol. The molecule has 2 aliphatic rings. The lowest BCUT2D eigenvalue weighted by atomic mass is 9.75. The number of carbonyl (C=O) groups excluding carboxylic acids is 1. The van der Waals surface area contributed by atoms with Crippen molar-refractivity contribution in [2.24, 2.45) is 5.92 Å². The molecule has 2 heterocycles. The van der Waals surface area contributed by atoms with Crippen molar-refractivity contribution in [2.75, 3.05) is 33.7 Å². The van der Waals surface area contributed by atoms with Gasteiger partial charge in [0.15, 0.2) is 5.82 Å². The lowest BCUT2D eigenvalue weighted by Gasteiger charge is -2.45. The van der Waals surface area contributed by atoms with Crippen LogP contribution in [0.2, 0.25) is 0 Å². The molecule has 3 unspecified atom stereocenters. The van der Waals surface area contributed by atoms with Gasteiger partial charge in [0.1, 0.15) is 0 Å². The molecule has 1 saturated carbocycles. The van der Waals surface area contributed by atoms with E-state index in [9.17, 15) is 4.79 Å². The maximum absolute atomic E-state index is 12.8. The molecule has 1 aliphatic carbocycles. The Balaban J connectivity index is 1.58. The number of nitrogens with zero attached hydrogens (tertiary/aromatic N) is 4. The third-order valence-electron chi connectivity index (χ3n) is 6.19. The summed E-state index contributed by atoms with van der Waals surface area (Å²) in [6.07, 6.45) is 6.77. The number of aryl methyl sites for hydroxylation is 1. The van der Waals surface area contributed by atoms with Crippen molar-refractivity contribution < 1.29 is 9.32 Å². The van der Waals surface area contributed by atoms with Crippen LogP contribution in [0.15, 0.2) is 4.52 Å². The largest absolute Gasteiger partial charge is 0.339 e. The molecule has 1 aromatic rings. The monoisotopic (exact) mass is 363 g/mol. The Morgan fingerprint density at radius 1 is 1.38 bits per heavy atom. The van der Waals surface area contributed by atoms with Gasteiger partial charge >= 0.3 is 6.03 Å². The average molecular weight is 364 g/mol. The van der Waals surface area contributed by atoms with E-state index >= 15 is 0 Å². The fourth-order valence-corrected chi connectivity index (χ4v) is 4.55. The van der Waals surface area contributed by atoms with E-state index < -0.39 is 0 Å². The molecule has 1 N–H and O–H groups in total. The number of carbonyl (C=O) groups is 1. The van der Waals surface area contributed by atoms with Gasteiger partial charge in [-0.25, -0.2) is 4.79 Å². The maximum Gasteiger partial charge on any atom is 0.317 e. The van der Waals surface area contributed by atoms with Crippen molar-refractivity contribution in [3.63, 3.8) is 0 Å². The Kier molecular flexibility index (Phi) is 5.85. The number of rotatable bonds is 4. The fraction of sp³-hybridized carbons (Fsp3) is 0.842. The summed E-state index contributed by atoms with van der Waals surface area (Å²) >= 11 is 0. The van der Waals surface area contributed by atoms with Gasteiger partial charge in [-0.1, -0.05) is 24.9 Å². The van der Waals surface area contributed by atoms with Gasteiger partial charge in [-0.3, -0.25) is 0 Å². The van der Waals surface area contributed by atoms with Crippen molar-refractivity contribution in [1.82, 2.24) is 25.3 Å². The van der Waals surface area contributed by atoms with Crippen molar-refractivity contribution in [1.29, 1.82) is 0 Å². The number of hydrogen-bond donors (Lipinski definition) is 1. The molecule has 7 heteroatoms. The summed E-state index contributed by atoms with van der Waals surface area (Å²) in [5.74, 6) is 2.17. The number of nitrogens with one attached hydrogen (secondary N) is 1. The Labute approximate surface area is 156 Å². The molecule has 2 amide bonds. The summed E-state index contributed by atoms with van der Waals surface area (Å²) in [7, 11) is 4.28. The van der Waals surface area contributed by atoms with Crippen molar-refractivity contribution in [2.45, 2.75) is 63.8 Å². The van der Waals surface area contributed by atoms with Crippen LogP contribution in [0.4, 0.5) is 4.79 Å². The highest BCUT2D eigenvalue weighted by molar-refractivity contribution is 5.74. The van der Waals surface area contributed by atoms with Crippen LogP contribution in [0.3, 0.4) is 0 Å². The first-order chi connectivity index (χ1) is 12.4. The minimum Gasteiger partial charge on any atom is -0.339 e. The number of amides is 2. The van der Waals surface area contributed by atoms with Gasteiger partial charge in [-0.15, -0.1) is 0 Å². The zero-order chi connectivity index (χ0) is 18.7. The Morgan fingerprint density at radius 3 is 2.85 bits per heavy atom. The molecule has 3 atom stereocenters. The molecule has 3 rings (SSSR count). The Morgan fingerprint density at radius 2 is 2.19 bits per heavy atom. The van der Waals surface area contributed by atoms with Gasteiger partial charge in [0.05, 0.1) is 5.92 Å². The molecular formula is C19H33N5O2. The second-order valence-corrected chi connectivity index (χ2v) is 8.44. The van der Waals surface area contributed by atoms with E-state index in [2.05, 4.69) is 41.4 Å². The van der Waals surface area contributed by atoms with E-state index in [1.807, 2.05) is 11.8 Å². The third-order valence-corrected chi connectivity index (χ3v) is 6.19. The molecule has 26 heavy (non-hydrogen) atoms. The molecule has 0 aromatic carbocycles. The van der Waals surface area contributed by atoms with Crippen LogP contribution >= 0.6 is 0 Å². The molecule has 0 radical (unpaired) electrons. The van der Waals surface area contributed by atoms with Crippen molar-refractivity contribution in [3.05, 3.63) is 11.7 Å². The normalized spacial score (nSPS) is 29.8. The number of piperidine rings is 1. The van der Waals surface area contributed by atoms with E-state index in [0.29, 0.717) is 30.7 Å². The predicted molar refractivity (Wildman–Crippen MR) is 100 cm³/mol. The summed E-state index contributed by atoms with van der Waals surface area (Å²) in [6.45, 7) is 6.30. The topological polar surface area (TPSA) is 74.5 Å². The van der Waals surface area contributed by atoms with E-state index in [1.54, 1.807) is 0 Å². The highest BCUT2D eigenvalue weighted by Gasteiger charge is 2.38. The summed E-state index contributed by atoms with van der Waals surface area (Å²) in [5.41, 5.74) is 0.0755. The second kappa shape index (κ2) is 7.94. The highest BCUT2D eigenvalue weighted by Crippen LogP contribution is 2.35. The van der Waals surface area contributed by atoms with Gasteiger partial charge in [0.2, 0.25) is 5.89 Å². The van der Waals surface area contributed by atoms with Crippen molar-refractivity contribution >= 4 is 6.03 Å². The first-order valence-corrected chi connectivity index (χ1v) is 9.90. The van der Waals surface area contributed by atoms with Gasteiger partial charge < -0.3 is 19.6 Å². The van der Waals surface area contributed by atoms with Gasteiger partial charge in [-0.2, -0.15) is 4.98 Å². The molecule has 0 spiro atoms. The third kappa shape index (κ3) is 4.19. The first kappa shape index (κ1) is 19.1. The fourth-order valence-electron chi connectivity index (χ4n) is 4.55. The first-order valence-electron chi connectivity index (χ1n) is 9.90. The number of urea groups is 1. The summed E-state index contributed by atoms with van der Waals surface area (Å²) in [5, 5.41) is 7.10.